The van der Waals surface area contributed by atoms with Crippen LogP contribution in [-0.4, -0.2) is 23.8 Å². The zero-order chi connectivity index (χ0) is 22.8. The lowest BCUT2D eigenvalue weighted by Gasteiger charge is -2.24. The number of hydrogen-bond donors (Lipinski definition) is 1. The van der Waals surface area contributed by atoms with Gasteiger partial charge in [0.2, 0.25) is 0 Å². The van der Waals surface area contributed by atoms with Gasteiger partial charge in [-0.1, -0.05) is 73.9 Å². The number of aryl methyl sites for hydroxylation is 1. The molecule has 0 aliphatic carbocycles. The molecule has 0 aromatic heterocycles. The Morgan fingerprint density at radius 2 is 1.94 bits per heavy atom. The molecule has 1 aromatic carbocycles. The van der Waals surface area contributed by atoms with Gasteiger partial charge >= 0.3 is 0 Å². The number of nitrogens with zero attached hydrogens (tertiary/aromatic N) is 1. The highest BCUT2D eigenvalue weighted by atomic mass is 16.1. The molecule has 1 atom stereocenters. The molecule has 0 radical (unpaired) electrons. The first-order valence-electron chi connectivity index (χ1n) is 10.8. The highest BCUT2D eigenvalue weighted by Gasteiger charge is 2.20. The van der Waals surface area contributed by atoms with Crippen LogP contribution in [0.15, 0.2) is 84.1 Å². The summed E-state index contributed by atoms with van der Waals surface area (Å²) in [6.07, 6.45) is 10.4. The monoisotopic (exact) mass is 414 g/mol. The quantitative estimate of drug-likeness (QED) is 0.203. The largest absolute Gasteiger partial charge is 0.381 e. The van der Waals surface area contributed by atoms with Crippen molar-refractivity contribution in [3.05, 3.63) is 89.7 Å². The molecule has 1 heterocycles. The summed E-state index contributed by atoms with van der Waals surface area (Å²) in [7, 11) is 0. The van der Waals surface area contributed by atoms with E-state index in [0.29, 0.717) is 18.7 Å². The summed E-state index contributed by atoms with van der Waals surface area (Å²) < 4.78 is 0. The Balaban J connectivity index is 2.19. The fraction of sp³-hybridized carbons (Fsp3) is 0.321. The summed E-state index contributed by atoms with van der Waals surface area (Å²) >= 11 is 0. The van der Waals surface area contributed by atoms with Gasteiger partial charge in [-0.05, 0) is 50.5 Å². The summed E-state index contributed by atoms with van der Waals surface area (Å²) in [6, 6.07) is 11.6. The van der Waals surface area contributed by atoms with Gasteiger partial charge in [-0.25, -0.2) is 0 Å². The number of carbonyl (C=O) groups is 1. The van der Waals surface area contributed by atoms with Gasteiger partial charge in [-0.15, -0.1) is 0 Å². The van der Waals surface area contributed by atoms with Crippen molar-refractivity contribution in [2.45, 2.75) is 40.5 Å². The molecule has 0 saturated carbocycles. The predicted molar refractivity (Wildman–Crippen MR) is 132 cm³/mol. The predicted octanol–water partition coefficient (Wildman–Crippen LogP) is 6.19. The zero-order valence-electron chi connectivity index (χ0n) is 19.3. The topological polar surface area (TPSA) is 32.3 Å². The molecule has 31 heavy (non-hydrogen) atoms. The van der Waals surface area contributed by atoms with Gasteiger partial charge in [-0.3, -0.25) is 4.79 Å². The molecular formula is C28H34N2O. The minimum atomic E-state index is -0.0987. The Bertz CT molecular complexity index is 965. The van der Waals surface area contributed by atoms with Gasteiger partial charge in [0.15, 0.2) is 5.78 Å². The molecule has 1 aromatic rings. The average Bonchev–Trinajstić information content (AvgIpc) is 2.73. The summed E-state index contributed by atoms with van der Waals surface area (Å²) in [5, 5.41) is 3.47. The summed E-state index contributed by atoms with van der Waals surface area (Å²) in [4.78, 5) is 14.0. The van der Waals surface area contributed by atoms with Gasteiger partial charge in [-0.2, -0.15) is 0 Å². The average molecular weight is 415 g/mol. The molecule has 162 valence electrons. The zero-order valence-corrected chi connectivity index (χ0v) is 19.3. The Morgan fingerprint density at radius 3 is 2.55 bits per heavy atom. The lowest BCUT2D eigenvalue weighted by atomic mass is 9.90. The van der Waals surface area contributed by atoms with Crippen molar-refractivity contribution in [3.8, 4) is 12.0 Å². The maximum absolute atomic E-state index is 12.0. The van der Waals surface area contributed by atoms with Gasteiger partial charge in [0.25, 0.3) is 0 Å². The van der Waals surface area contributed by atoms with E-state index in [1.807, 2.05) is 18.0 Å². The molecule has 0 saturated heterocycles. The van der Waals surface area contributed by atoms with Crippen molar-refractivity contribution in [2.75, 3.05) is 18.4 Å². The first-order valence-corrected chi connectivity index (χ1v) is 10.8. The summed E-state index contributed by atoms with van der Waals surface area (Å²) in [6.45, 7) is 17.1. The number of hydrogen-bond acceptors (Lipinski definition) is 3. The molecule has 0 amide bonds. The molecule has 1 unspecified atom stereocenters. The molecule has 0 spiro atoms. The SMILES string of the molecule is C=C(C)/C=C(\CNc1ccc(C)cc1)CN1C#CC(/C=C\CCC)C(C(=C)C(C)=O)=C1. The number of ketones is 1. The fourth-order valence-corrected chi connectivity index (χ4v) is 3.22. The van der Waals surface area contributed by atoms with Crippen molar-refractivity contribution >= 4 is 11.5 Å². The van der Waals surface area contributed by atoms with Crippen molar-refractivity contribution in [3.63, 3.8) is 0 Å². The van der Waals surface area contributed by atoms with Gasteiger partial charge < -0.3 is 10.2 Å². The molecule has 0 bridgehead atoms. The Kier molecular flexibility index (Phi) is 9.15. The maximum atomic E-state index is 12.0. The molecule has 1 N–H and O–H groups in total. The van der Waals surface area contributed by atoms with Crippen molar-refractivity contribution in [2.24, 2.45) is 5.92 Å². The molecule has 3 heteroatoms. The second-order valence-corrected chi connectivity index (χ2v) is 8.07. The van der Waals surface area contributed by atoms with Crippen LogP contribution in [0.2, 0.25) is 0 Å². The van der Waals surface area contributed by atoms with E-state index < -0.39 is 0 Å². The van der Waals surface area contributed by atoms with Gasteiger partial charge in [0, 0.05) is 30.0 Å². The Labute approximate surface area is 187 Å². The number of anilines is 1. The molecule has 2 rings (SSSR count). The van der Waals surface area contributed by atoms with Crippen LogP contribution in [0.5, 0.6) is 0 Å². The molecular weight excluding hydrogens is 380 g/mol. The van der Waals surface area contributed by atoms with E-state index in [1.165, 1.54) is 5.56 Å². The molecule has 1 aliphatic rings. The van der Waals surface area contributed by atoms with Crippen molar-refractivity contribution in [1.82, 2.24) is 4.90 Å². The first kappa shape index (κ1) is 24.0. The molecule has 3 nitrogen and oxygen atoms in total. The second kappa shape index (κ2) is 11.8. The normalized spacial score (nSPS) is 15.9. The van der Waals surface area contributed by atoms with Crippen LogP contribution < -0.4 is 5.32 Å². The third kappa shape index (κ3) is 7.83. The van der Waals surface area contributed by atoms with Gasteiger partial charge in [0.05, 0.1) is 12.5 Å². The van der Waals surface area contributed by atoms with E-state index >= 15 is 0 Å². The van der Waals surface area contributed by atoms with Crippen molar-refractivity contribution in [1.29, 1.82) is 0 Å². The van der Waals surface area contributed by atoms with Crippen LogP contribution in [0.25, 0.3) is 0 Å². The van der Waals surface area contributed by atoms with E-state index in [0.717, 1.165) is 35.2 Å². The number of Topliss-reactive ketones (excluding diaryl/α,β-unsaturated/α-hetero) is 1. The second-order valence-electron chi connectivity index (χ2n) is 8.07. The number of nitrogens with one attached hydrogen (secondary N) is 1. The minimum absolute atomic E-state index is 0.0254. The fourth-order valence-electron chi connectivity index (χ4n) is 3.22. The van der Waals surface area contributed by atoms with Crippen LogP contribution in [-0.2, 0) is 4.79 Å². The Morgan fingerprint density at radius 1 is 1.23 bits per heavy atom. The third-order valence-corrected chi connectivity index (χ3v) is 4.95. The Hall–Kier alpha value is -3.25. The van der Waals surface area contributed by atoms with Crippen LogP contribution in [0.1, 0.15) is 39.2 Å². The smallest absolute Gasteiger partial charge is 0.159 e. The number of rotatable bonds is 11. The summed E-state index contributed by atoms with van der Waals surface area (Å²) in [5.74, 6) is 3.17. The van der Waals surface area contributed by atoms with Gasteiger partial charge in [0.1, 0.15) is 0 Å². The number of allylic oxidation sites excluding steroid dienone is 6. The number of benzene rings is 1. The highest BCUT2D eigenvalue weighted by molar-refractivity contribution is 5.97. The number of unbranched alkanes of at least 4 members (excludes halogenated alkanes) is 1. The van der Waals surface area contributed by atoms with E-state index in [4.69, 9.17) is 0 Å². The standard InChI is InChI=1S/C28H34N2O/c1-7-8-9-10-26-15-16-30(20-28(26)23(5)24(6)31)19-25(17-21(2)3)18-29-27-13-11-22(4)12-14-27/h9-14,17,20,26,29H,2,5,7-8,18-19H2,1,3-4,6H3/b10-9-,25-17+. The van der Waals surface area contributed by atoms with E-state index in [9.17, 15) is 4.79 Å². The number of carbonyl (C=O) groups excluding carboxylic acids is 1. The van der Waals surface area contributed by atoms with Crippen molar-refractivity contribution < 1.29 is 4.79 Å². The van der Waals surface area contributed by atoms with Crippen LogP contribution in [0.3, 0.4) is 0 Å². The highest BCUT2D eigenvalue weighted by Crippen LogP contribution is 2.25. The lowest BCUT2D eigenvalue weighted by Crippen LogP contribution is -2.24. The summed E-state index contributed by atoms with van der Waals surface area (Å²) in [5.41, 5.74) is 5.85. The maximum Gasteiger partial charge on any atom is 0.159 e. The van der Waals surface area contributed by atoms with Crippen LogP contribution >= 0.6 is 0 Å². The molecule has 1 aliphatic heterocycles. The van der Waals surface area contributed by atoms with E-state index in [1.54, 1.807) is 6.92 Å². The van der Waals surface area contributed by atoms with E-state index in [2.05, 4.69) is 86.8 Å². The van der Waals surface area contributed by atoms with Crippen LogP contribution in [0, 0.1) is 24.8 Å². The third-order valence-electron chi connectivity index (χ3n) is 4.95. The first-order chi connectivity index (χ1) is 14.8. The lowest BCUT2D eigenvalue weighted by molar-refractivity contribution is -0.113. The minimum Gasteiger partial charge on any atom is -0.381 e. The molecule has 0 fully saturated rings. The van der Waals surface area contributed by atoms with Crippen LogP contribution in [0.4, 0.5) is 5.69 Å². The van der Waals surface area contributed by atoms with E-state index in [-0.39, 0.29) is 11.7 Å².